The fourth-order valence-corrected chi connectivity index (χ4v) is 5.84. The van der Waals surface area contributed by atoms with Crippen molar-refractivity contribution in [3.05, 3.63) is 116 Å². The first-order valence-corrected chi connectivity index (χ1v) is 13.3. The third-order valence-corrected chi connectivity index (χ3v) is 7.59. The van der Waals surface area contributed by atoms with E-state index in [1.54, 1.807) is 12.4 Å². The Labute approximate surface area is 232 Å². The number of aromatic nitrogens is 7. The van der Waals surface area contributed by atoms with Crippen LogP contribution in [0.4, 0.5) is 0 Å². The van der Waals surface area contributed by atoms with Crippen LogP contribution in [-0.2, 0) is 0 Å². The van der Waals surface area contributed by atoms with E-state index in [-0.39, 0.29) is 0 Å². The van der Waals surface area contributed by atoms with Gasteiger partial charge in [0.25, 0.3) is 5.71 Å². The summed E-state index contributed by atoms with van der Waals surface area (Å²) in [5.41, 5.74) is 10.0. The van der Waals surface area contributed by atoms with Gasteiger partial charge in [0.05, 0.1) is 33.1 Å². The van der Waals surface area contributed by atoms with E-state index in [9.17, 15) is 0 Å². The lowest BCUT2D eigenvalue weighted by molar-refractivity contribution is 0.607. The maximum Gasteiger partial charge on any atom is 0.266 e. The number of fused-ring (bicyclic) bond motifs is 7. The predicted molar refractivity (Wildman–Crippen MR) is 159 cm³/mol. The molecule has 0 saturated heterocycles. The van der Waals surface area contributed by atoms with Gasteiger partial charge in [0.1, 0.15) is 0 Å². The minimum absolute atomic E-state index is 0.423. The van der Waals surface area contributed by atoms with Crippen LogP contribution in [0.15, 0.2) is 120 Å². The zero-order valence-electron chi connectivity index (χ0n) is 21.5. The molecule has 0 fully saturated rings. The van der Waals surface area contributed by atoms with Crippen molar-refractivity contribution >= 4 is 55.2 Å². The number of oxazole rings is 1. The molecule has 0 radical (unpaired) electrons. The van der Waals surface area contributed by atoms with E-state index in [1.807, 2.05) is 42.7 Å². The minimum Gasteiger partial charge on any atom is -0.416 e. The van der Waals surface area contributed by atoms with E-state index in [1.165, 1.54) is 0 Å². The Morgan fingerprint density at radius 2 is 1.12 bits per heavy atom. The lowest BCUT2D eigenvalue weighted by atomic mass is 10.1. The molecule has 0 aliphatic heterocycles. The van der Waals surface area contributed by atoms with Crippen molar-refractivity contribution in [1.29, 1.82) is 0 Å². The average molecular weight is 530 g/mol. The van der Waals surface area contributed by atoms with Crippen molar-refractivity contribution in [3.8, 4) is 22.8 Å². The second kappa shape index (κ2) is 8.30. The molecule has 8 nitrogen and oxygen atoms in total. The van der Waals surface area contributed by atoms with Gasteiger partial charge in [0.2, 0.25) is 11.5 Å². The van der Waals surface area contributed by atoms with Gasteiger partial charge in [-0.15, -0.1) is 0 Å². The van der Waals surface area contributed by atoms with Crippen LogP contribution in [0.2, 0.25) is 0 Å². The highest BCUT2D eigenvalue weighted by Gasteiger charge is 2.19. The smallest absolute Gasteiger partial charge is 0.266 e. The summed E-state index contributed by atoms with van der Waals surface area (Å²) in [5, 5.41) is 2.16. The van der Waals surface area contributed by atoms with E-state index >= 15 is 0 Å². The molecule has 0 atom stereocenters. The zero-order valence-corrected chi connectivity index (χ0v) is 21.5. The maximum absolute atomic E-state index is 5.84. The molecule has 6 aromatic heterocycles. The lowest BCUT2D eigenvalue weighted by Crippen LogP contribution is -1.94. The maximum atomic E-state index is 5.84. The van der Waals surface area contributed by atoms with E-state index < -0.39 is 0 Å². The lowest BCUT2D eigenvalue weighted by Gasteiger charge is -2.09. The number of hydrogen-bond donors (Lipinski definition) is 0. The summed E-state index contributed by atoms with van der Waals surface area (Å²) in [6.45, 7) is 0. The second-order valence-electron chi connectivity index (χ2n) is 9.89. The van der Waals surface area contributed by atoms with E-state index in [0.717, 1.165) is 60.8 Å². The van der Waals surface area contributed by atoms with Gasteiger partial charge in [0, 0.05) is 52.5 Å². The first-order chi connectivity index (χ1) is 20.3. The fourth-order valence-electron chi connectivity index (χ4n) is 5.84. The highest BCUT2D eigenvalue weighted by molar-refractivity contribution is 6.17. The van der Waals surface area contributed by atoms with E-state index in [2.05, 4.69) is 84.7 Å². The van der Waals surface area contributed by atoms with Gasteiger partial charge >= 0.3 is 0 Å². The molecule has 8 heteroatoms. The molecule has 192 valence electrons. The van der Waals surface area contributed by atoms with Crippen LogP contribution >= 0.6 is 0 Å². The van der Waals surface area contributed by atoms with Crippen LogP contribution in [0.3, 0.4) is 0 Å². The number of para-hydroxylation sites is 1. The Bertz CT molecular complexity index is 2390. The first-order valence-electron chi connectivity index (χ1n) is 13.3. The average Bonchev–Trinajstić information content (AvgIpc) is 3.71. The number of rotatable bonds is 3. The molecule has 0 aliphatic rings. The molecular weight excluding hydrogens is 510 g/mol. The SMILES string of the molecule is c1ccc(-n2c3cc4c5ncccc5n(-c5ccc(-c6nc7nccnc7o6)cc5)c4cc3c3ncccc32)cc1. The van der Waals surface area contributed by atoms with Crippen LogP contribution < -0.4 is 0 Å². The third kappa shape index (κ3) is 3.18. The highest BCUT2D eigenvalue weighted by Crippen LogP contribution is 2.38. The summed E-state index contributed by atoms with van der Waals surface area (Å²) < 4.78 is 10.4. The number of benzene rings is 3. The Morgan fingerprint density at radius 3 is 1.76 bits per heavy atom. The van der Waals surface area contributed by atoms with Crippen molar-refractivity contribution in [1.82, 2.24) is 34.1 Å². The highest BCUT2D eigenvalue weighted by atomic mass is 16.4. The van der Waals surface area contributed by atoms with Crippen LogP contribution in [0.5, 0.6) is 0 Å². The molecule has 41 heavy (non-hydrogen) atoms. The largest absolute Gasteiger partial charge is 0.416 e. The topological polar surface area (TPSA) is 87.5 Å². The molecule has 9 rings (SSSR count). The summed E-state index contributed by atoms with van der Waals surface area (Å²) in [6.07, 6.45) is 6.91. The van der Waals surface area contributed by atoms with Crippen LogP contribution in [-0.4, -0.2) is 34.1 Å². The van der Waals surface area contributed by atoms with Gasteiger partial charge in [0.15, 0.2) is 0 Å². The minimum atomic E-state index is 0.423. The zero-order chi connectivity index (χ0) is 26.9. The molecule has 0 N–H and O–H groups in total. The van der Waals surface area contributed by atoms with Gasteiger partial charge in [-0.1, -0.05) is 18.2 Å². The molecule has 0 unspecified atom stereocenters. The fraction of sp³-hybridized carbons (Fsp3) is 0. The molecule has 6 heterocycles. The summed E-state index contributed by atoms with van der Waals surface area (Å²) >= 11 is 0. The summed E-state index contributed by atoms with van der Waals surface area (Å²) in [5.74, 6) is 0.489. The molecule has 0 aliphatic carbocycles. The van der Waals surface area contributed by atoms with Crippen molar-refractivity contribution < 1.29 is 4.42 Å². The molecule has 0 amide bonds. The molecule has 0 bridgehead atoms. The van der Waals surface area contributed by atoms with E-state index in [0.29, 0.717) is 17.3 Å². The van der Waals surface area contributed by atoms with E-state index in [4.69, 9.17) is 14.4 Å². The standard InChI is InChI=1S/C33H19N7O/c1-2-6-21(7-3-1)39-25-8-4-14-34-29(25)23-19-28-24(18-27(23)39)30-26(9-5-15-35-30)40(28)22-12-10-20(11-13-22)32-38-31-33(41-32)37-17-16-36-31/h1-19H. The van der Waals surface area contributed by atoms with Gasteiger partial charge < -0.3 is 13.6 Å². The Hall–Kier alpha value is -5.89. The van der Waals surface area contributed by atoms with Gasteiger partial charge in [-0.2, -0.15) is 4.98 Å². The number of pyridine rings is 2. The summed E-state index contributed by atoms with van der Waals surface area (Å²) in [7, 11) is 0. The molecule has 3 aromatic carbocycles. The van der Waals surface area contributed by atoms with Gasteiger partial charge in [-0.25, -0.2) is 9.97 Å². The quantitative estimate of drug-likeness (QED) is 0.239. The summed E-state index contributed by atoms with van der Waals surface area (Å²) in [4.78, 5) is 22.6. The third-order valence-electron chi connectivity index (χ3n) is 7.59. The number of hydrogen-bond acceptors (Lipinski definition) is 6. The molecular formula is C33H19N7O. The Morgan fingerprint density at radius 1 is 0.512 bits per heavy atom. The van der Waals surface area contributed by atoms with Gasteiger partial charge in [-0.3, -0.25) is 9.97 Å². The summed E-state index contributed by atoms with van der Waals surface area (Å²) in [6, 6.07) is 31.3. The van der Waals surface area contributed by atoms with Crippen molar-refractivity contribution in [2.75, 3.05) is 0 Å². The molecule has 0 spiro atoms. The number of nitrogens with zero attached hydrogens (tertiary/aromatic N) is 7. The van der Waals surface area contributed by atoms with Crippen molar-refractivity contribution in [2.24, 2.45) is 0 Å². The Kier molecular flexibility index (Phi) is 4.45. The molecule has 0 saturated carbocycles. The van der Waals surface area contributed by atoms with Gasteiger partial charge in [-0.05, 0) is 72.8 Å². The Balaban J connectivity index is 1.30. The normalized spacial score (nSPS) is 11.9. The monoisotopic (exact) mass is 529 g/mol. The van der Waals surface area contributed by atoms with Crippen LogP contribution in [0.1, 0.15) is 0 Å². The first kappa shape index (κ1) is 22.0. The van der Waals surface area contributed by atoms with Crippen LogP contribution in [0, 0.1) is 0 Å². The predicted octanol–water partition coefficient (Wildman–Crippen LogP) is 7.27. The molecule has 9 aromatic rings. The second-order valence-corrected chi connectivity index (χ2v) is 9.89. The van der Waals surface area contributed by atoms with Crippen molar-refractivity contribution in [2.45, 2.75) is 0 Å². The van der Waals surface area contributed by atoms with Crippen LogP contribution in [0.25, 0.3) is 78.1 Å². The van der Waals surface area contributed by atoms with Crippen molar-refractivity contribution in [3.63, 3.8) is 0 Å².